The molecule has 208 valence electrons. The Bertz CT molecular complexity index is 1210. The summed E-state index contributed by atoms with van der Waals surface area (Å²) in [5.74, 6) is 0.729. The average molecular weight is 535 g/mol. The molecule has 1 N–H and O–H groups in total. The molecule has 1 heterocycles. The number of carbonyl (C=O) groups is 1. The molecule has 38 heavy (non-hydrogen) atoms. The Hall–Kier alpha value is -3.20. The summed E-state index contributed by atoms with van der Waals surface area (Å²) in [4.78, 5) is 21.7. The van der Waals surface area contributed by atoms with E-state index in [1.807, 2.05) is 13.0 Å². The molecule has 3 rings (SSSR count). The van der Waals surface area contributed by atoms with Gasteiger partial charge < -0.3 is 9.67 Å². The van der Waals surface area contributed by atoms with Gasteiger partial charge in [-0.1, -0.05) is 70.9 Å². The number of nitro benzene ring substituents is 1. The van der Waals surface area contributed by atoms with Crippen LogP contribution in [0.25, 0.3) is 10.9 Å². The van der Waals surface area contributed by atoms with Crippen molar-refractivity contribution < 1.29 is 28.0 Å². The monoisotopic (exact) mass is 534 g/mol. The number of hydrogen-bond donors (Lipinski definition) is 1. The number of non-ortho nitro benzene ring substituents is 1. The van der Waals surface area contributed by atoms with Crippen LogP contribution >= 0.6 is 0 Å². The van der Waals surface area contributed by atoms with Crippen molar-refractivity contribution in [3.05, 3.63) is 76.0 Å². The summed E-state index contributed by atoms with van der Waals surface area (Å²) >= 11 is 0. The van der Waals surface area contributed by atoms with Crippen LogP contribution in [0.3, 0.4) is 0 Å². The third kappa shape index (κ3) is 7.43. The molecule has 0 aliphatic rings. The number of aliphatic hydroxyl groups is 1. The molecule has 0 spiro atoms. The van der Waals surface area contributed by atoms with E-state index in [9.17, 15) is 33.2 Å². The molecule has 6 nitrogen and oxygen atoms in total. The molecule has 0 saturated heterocycles. The second-order valence-corrected chi connectivity index (χ2v) is 9.56. The summed E-state index contributed by atoms with van der Waals surface area (Å²) in [5.41, 5.74) is -2.49. The van der Waals surface area contributed by atoms with Crippen LogP contribution in [0.15, 0.2) is 54.7 Å². The summed E-state index contributed by atoms with van der Waals surface area (Å²) in [6.07, 6.45) is 1.05. The number of hydrogen-bond acceptors (Lipinski definition) is 4. The first-order valence-electron chi connectivity index (χ1n) is 13.0. The summed E-state index contributed by atoms with van der Waals surface area (Å²) in [6, 6.07) is 12.6. The predicted octanol–water partition coefficient (Wildman–Crippen LogP) is 7.94. The second kappa shape index (κ2) is 13.6. The molecule has 2 aromatic carbocycles. The third-order valence-electron chi connectivity index (χ3n) is 6.89. The van der Waals surface area contributed by atoms with Gasteiger partial charge in [0.05, 0.1) is 10.4 Å². The molecule has 0 saturated carbocycles. The highest BCUT2D eigenvalue weighted by molar-refractivity contribution is 5.87. The predicted molar refractivity (Wildman–Crippen MR) is 143 cm³/mol. The molecule has 0 aliphatic heterocycles. The van der Waals surface area contributed by atoms with Crippen LogP contribution in [0.1, 0.15) is 77.3 Å². The van der Waals surface area contributed by atoms with Crippen LogP contribution in [0.2, 0.25) is 0 Å². The van der Waals surface area contributed by atoms with Gasteiger partial charge in [0.15, 0.2) is 5.60 Å². The van der Waals surface area contributed by atoms with E-state index < -0.39 is 23.1 Å². The minimum absolute atomic E-state index is 0.137. The maximum absolute atomic E-state index is 13.6. The molecule has 0 fully saturated rings. The van der Waals surface area contributed by atoms with Gasteiger partial charge in [-0.3, -0.25) is 14.9 Å². The number of alkyl halides is 3. The van der Waals surface area contributed by atoms with Crippen LogP contribution in [0, 0.1) is 16.0 Å². The SMILES string of the molecule is CCC(O)(c1cn(Cc2ccccc2)c2cc([N+](=O)[O-])ccc12)C(F)(F)F.CCCCCC(=O)C(C)CC. The lowest BCUT2D eigenvalue weighted by atomic mass is 9.90. The summed E-state index contributed by atoms with van der Waals surface area (Å²) in [7, 11) is 0. The smallest absolute Gasteiger partial charge is 0.376 e. The molecule has 9 heteroatoms. The van der Waals surface area contributed by atoms with Crippen molar-refractivity contribution in [2.24, 2.45) is 5.92 Å². The molecule has 0 aliphatic carbocycles. The normalized spacial score (nSPS) is 13.9. The molecule has 2 atom stereocenters. The van der Waals surface area contributed by atoms with Crippen LogP contribution in [0.4, 0.5) is 18.9 Å². The Morgan fingerprint density at radius 1 is 1.08 bits per heavy atom. The maximum Gasteiger partial charge on any atom is 0.421 e. The van der Waals surface area contributed by atoms with Crippen molar-refractivity contribution in [1.82, 2.24) is 4.57 Å². The van der Waals surface area contributed by atoms with E-state index in [0.29, 0.717) is 5.78 Å². The number of halogens is 3. The number of nitrogens with zero attached hydrogens (tertiary/aromatic N) is 2. The maximum atomic E-state index is 13.6. The minimum Gasteiger partial charge on any atom is -0.376 e. The Balaban J connectivity index is 0.000000391. The van der Waals surface area contributed by atoms with Gasteiger partial charge >= 0.3 is 6.18 Å². The fraction of sp³-hybridized carbons (Fsp3) is 0.483. The number of aromatic nitrogens is 1. The van der Waals surface area contributed by atoms with Gasteiger partial charge in [-0.05, 0) is 30.9 Å². The van der Waals surface area contributed by atoms with Crippen molar-refractivity contribution in [3.8, 4) is 0 Å². The number of unbranched alkanes of at least 4 members (excludes halogenated alkanes) is 2. The van der Waals surface area contributed by atoms with Crippen molar-refractivity contribution in [2.45, 2.75) is 84.5 Å². The number of rotatable bonds is 11. The van der Waals surface area contributed by atoms with Gasteiger partial charge in [0.1, 0.15) is 5.78 Å². The zero-order chi connectivity index (χ0) is 28.5. The lowest BCUT2D eigenvalue weighted by Gasteiger charge is -2.29. The topological polar surface area (TPSA) is 85.4 Å². The number of Topliss-reactive ketones (excluding diaryl/α,β-unsaturated/α-hetero) is 1. The molecular weight excluding hydrogens is 497 g/mol. The first-order chi connectivity index (χ1) is 17.9. The highest BCUT2D eigenvalue weighted by Crippen LogP contribution is 2.45. The van der Waals surface area contributed by atoms with Crippen LogP contribution in [-0.2, 0) is 16.9 Å². The molecule has 1 aromatic heterocycles. The third-order valence-corrected chi connectivity index (χ3v) is 6.89. The van der Waals surface area contributed by atoms with Crippen LogP contribution < -0.4 is 0 Å². The van der Waals surface area contributed by atoms with Gasteiger partial charge in [0.25, 0.3) is 5.69 Å². The Labute approximate surface area is 221 Å². The molecule has 0 bridgehead atoms. The molecule has 2 unspecified atom stereocenters. The van der Waals surface area contributed by atoms with Gasteiger partial charge in [0.2, 0.25) is 0 Å². The van der Waals surface area contributed by atoms with E-state index in [1.165, 1.54) is 42.7 Å². The highest BCUT2D eigenvalue weighted by Gasteiger charge is 2.54. The van der Waals surface area contributed by atoms with Gasteiger partial charge in [-0.25, -0.2) is 0 Å². The Morgan fingerprint density at radius 3 is 2.26 bits per heavy atom. The van der Waals surface area contributed by atoms with Gasteiger partial charge in [0, 0.05) is 48.2 Å². The van der Waals surface area contributed by atoms with Gasteiger partial charge in [-0.15, -0.1) is 0 Å². The van der Waals surface area contributed by atoms with E-state index in [-0.39, 0.29) is 34.6 Å². The van der Waals surface area contributed by atoms with Crippen molar-refractivity contribution in [3.63, 3.8) is 0 Å². The number of nitro groups is 1. The highest BCUT2D eigenvalue weighted by atomic mass is 19.4. The molecule has 0 radical (unpaired) electrons. The largest absolute Gasteiger partial charge is 0.421 e. The van der Waals surface area contributed by atoms with E-state index >= 15 is 0 Å². The number of carbonyl (C=O) groups excluding carboxylic acids is 1. The van der Waals surface area contributed by atoms with E-state index in [2.05, 4.69) is 13.8 Å². The van der Waals surface area contributed by atoms with Crippen molar-refractivity contribution in [1.29, 1.82) is 0 Å². The lowest BCUT2D eigenvalue weighted by molar-refractivity contribution is -0.384. The fourth-order valence-electron chi connectivity index (χ4n) is 4.20. The standard InChI is InChI=1S/C19H17F3N2O3.C10H20O/c1-2-18(25,19(20,21)22)16-12-23(11-13-6-4-3-5-7-13)17-10-14(24(26)27)8-9-15(16)17;1-4-6-7-8-10(11)9(3)5-2/h3-10,12,25H,2,11H2,1H3;9H,4-8H2,1-3H3. The van der Waals surface area contributed by atoms with Crippen molar-refractivity contribution in [2.75, 3.05) is 0 Å². The van der Waals surface area contributed by atoms with Crippen LogP contribution in [-0.4, -0.2) is 26.6 Å². The Kier molecular flexibility index (Phi) is 11.1. The van der Waals surface area contributed by atoms with Gasteiger partial charge in [-0.2, -0.15) is 13.2 Å². The zero-order valence-corrected chi connectivity index (χ0v) is 22.4. The molecular formula is C29H37F3N2O4. The number of fused-ring (bicyclic) bond motifs is 1. The number of ketones is 1. The quantitative estimate of drug-likeness (QED) is 0.154. The fourth-order valence-corrected chi connectivity index (χ4v) is 4.20. The van der Waals surface area contributed by atoms with E-state index in [0.717, 1.165) is 30.9 Å². The summed E-state index contributed by atoms with van der Waals surface area (Å²) < 4.78 is 42.3. The van der Waals surface area contributed by atoms with E-state index in [4.69, 9.17) is 0 Å². The Morgan fingerprint density at radius 2 is 1.74 bits per heavy atom. The minimum atomic E-state index is -4.88. The second-order valence-electron chi connectivity index (χ2n) is 9.56. The first kappa shape index (κ1) is 31.0. The summed E-state index contributed by atoms with van der Waals surface area (Å²) in [5, 5.41) is 21.6. The van der Waals surface area contributed by atoms with Crippen LogP contribution in [0.5, 0.6) is 0 Å². The molecule has 0 amide bonds. The number of benzene rings is 2. The zero-order valence-electron chi connectivity index (χ0n) is 22.4. The summed E-state index contributed by atoms with van der Waals surface area (Å²) in [6.45, 7) is 7.72. The average Bonchev–Trinajstić information content (AvgIpc) is 3.25. The lowest BCUT2D eigenvalue weighted by Crippen LogP contribution is -2.41. The first-order valence-corrected chi connectivity index (χ1v) is 13.0. The molecule has 3 aromatic rings. The van der Waals surface area contributed by atoms with E-state index in [1.54, 1.807) is 24.3 Å². The van der Waals surface area contributed by atoms with Crippen molar-refractivity contribution >= 4 is 22.4 Å².